The minimum atomic E-state index is -0.437. The van der Waals surface area contributed by atoms with Gasteiger partial charge < -0.3 is 10.2 Å². The number of hydrogen-bond donors (Lipinski definition) is 1. The van der Waals surface area contributed by atoms with Crippen LogP contribution in [0.4, 0.5) is 11.5 Å². The highest BCUT2D eigenvalue weighted by Gasteiger charge is 2.29. The van der Waals surface area contributed by atoms with E-state index < -0.39 is 4.92 Å². The molecule has 6 nitrogen and oxygen atoms in total. The molecule has 0 bridgehead atoms. The normalized spacial score (nSPS) is 24.1. The number of aromatic nitrogens is 1. The van der Waals surface area contributed by atoms with Crippen LogP contribution in [0.15, 0.2) is 12.3 Å². The number of anilines is 1. The summed E-state index contributed by atoms with van der Waals surface area (Å²) < 4.78 is 0. The Balaban J connectivity index is 2.40. The number of pyridine rings is 1. The van der Waals surface area contributed by atoms with Crippen LogP contribution in [-0.2, 0) is 0 Å². The van der Waals surface area contributed by atoms with Gasteiger partial charge in [0.1, 0.15) is 0 Å². The van der Waals surface area contributed by atoms with Crippen LogP contribution in [0.3, 0.4) is 0 Å². The van der Waals surface area contributed by atoms with Crippen molar-refractivity contribution >= 4 is 23.1 Å². The fourth-order valence-corrected chi connectivity index (χ4v) is 2.25. The first-order chi connectivity index (χ1) is 8.49. The summed E-state index contributed by atoms with van der Waals surface area (Å²) in [6.07, 6.45) is 1.45. The Morgan fingerprint density at radius 2 is 2.33 bits per heavy atom. The standard InChI is InChI=1S/C11H15ClN4O2/c1-7-6-15(8(2)4-13-7)11-10(16(17)18)3-9(12)5-14-11/h3,5,7-8,13H,4,6H2,1-2H3. The van der Waals surface area contributed by atoms with Crippen molar-refractivity contribution in [3.63, 3.8) is 0 Å². The maximum absolute atomic E-state index is 11.1. The largest absolute Gasteiger partial charge is 0.345 e. The van der Waals surface area contributed by atoms with Crippen molar-refractivity contribution in [1.29, 1.82) is 0 Å². The fourth-order valence-electron chi connectivity index (χ4n) is 2.09. The molecule has 0 aliphatic carbocycles. The number of nitrogens with zero attached hydrogens (tertiary/aromatic N) is 3. The molecule has 1 fully saturated rings. The van der Waals surface area contributed by atoms with E-state index in [2.05, 4.69) is 10.3 Å². The highest BCUT2D eigenvalue weighted by Crippen LogP contribution is 2.30. The molecule has 0 spiro atoms. The molecule has 98 valence electrons. The Kier molecular flexibility index (Phi) is 3.68. The van der Waals surface area contributed by atoms with E-state index in [-0.39, 0.29) is 22.8 Å². The number of nitro groups is 1. The van der Waals surface area contributed by atoms with Gasteiger partial charge in [0.15, 0.2) is 0 Å². The third-order valence-corrected chi connectivity index (χ3v) is 3.25. The zero-order chi connectivity index (χ0) is 13.3. The summed E-state index contributed by atoms with van der Waals surface area (Å²) in [5, 5.41) is 14.7. The summed E-state index contributed by atoms with van der Waals surface area (Å²) in [5.41, 5.74) is -0.0385. The van der Waals surface area contributed by atoms with Crippen molar-refractivity contribution in [1.82, 2.24) is 10.3 Å². The Bertz CT molecular complexity index is 468. The number of nitrogens with one attached hydrogen (secondary N) is 1. The van der Waals surface area contributed by atoms with Gasteiger partial charge in [-0.2, -0.15) is 0 Å². The molecule has 0 aromatic carbocycles. The average Bonchev–Trinajstić information content (AvgIpc) is 2.32. The number of hydrogen-bond acceptors (Lipinski definition) is 5. The lowest BCUT2D eigenvalue weighted by Gasteiger charge is -2.37. The van der Waals surface area contributed by atoms with Crippen LogP contribution in [0.5, 0.6) is 0 Å². The molecule has 7 heteroatoms. The molecular weight excluding hydrogens is 256 g/mol. The Labute approximate surface area is 110 Å². The van der Waals surface area contributed by atoms with Crippen LogP contribution < -0.4 is 10.2 Å². The van der Waals surface area contributed by atoms with E-state index in [9.17, 15) is 10.1 Å². The Morgan fingerprint density at radius 1 is 1.61 bits per heavy atom. The number of piperazine rings is 1. The van der Waals surface area contributed by atoms with Crippen LogP contribution in [0.1, 0.15) is 13.8 Å². The topological polar surface area (TPSA) is 71.3 Å². The third-order valence-electron chi connectivity index (χ3n) is 3.05. The van der Waals surface area contributed by atoms with Crippen molar-refractivity contribution < 1.29 is 4.92 Å². The van der Waals surface area contributed by atoms with Gasteiger partial charge in [-0.25, -0.2) is 4.98 Å². The van der Waals surface area contributed by atoms with Gasteiger partial charge in [-0.15, -0.1) is 0 Å². The zero-order valence-corrected chi connectivity index (χ0v) is 11.0. The van der Waals surface area contributed by atoms with Gasteiger partial charge in [-0.1, -0.05) is 11.6 Å². The summed E-state index contributed by atoms with van der Waals surface area (Å²) in [5.74, 6) is 0.394. The molecule has 1 aromatic heterocycles. The molecule has 2 unspecified atom stereocenters. The monoisotopic (exact) mass is 270 g/mol. The van der Waals surface area contributed by atoms with E-state index >= 15 is 0 Å². The lowest BCUT2D eigenvalue weighted by molar-refractivity contribution is -0.384. The van der Waals surface area contributed by atoms with E-state index in [1.54, 1.807) is 0 Å². The number of rotatable bonds is 2. The summed E-state index contributed by atoms with van der Waals surface area (Å²) in [4.78, 5) is 16.7. The molecule has 1 aromatic rings. The van der Waals surface area contributed by atoms with Crippen molar-refractivity contribution in [3.8, 4) is 0 Å². The third kappa shape index (κ3) is 2.54. The van der Waals surface area contributed by atoms with E-state index in [1.165, 1.54) is 12.3 Å². The van der Waals surface area contributed by atoms with E-state index in [4.69, 9.17) is 11.6 Å². The van der Waals surface area contributed by atoms with Crippen molar-refractivity contribution in [3.05, 3.63) is 27.4 Å². The molecule has 1 aliphatic heterocycles. The SMILES string of the molecule is CC1CN(c2ncc(Cl)cc2[N+](=O)[O-])C(C)CN1. The van der Waals surface area contributed by atoms with Crippen LogP contribution in [0.2, 0.25) is 5.02 Å². The Hall–Kier alpha value is -1.40. The predicted molar refractivity (Wildman–Crippen MR) is 70.2 cm³/mol. The first kappa shape index (κ1) is 13.0. The van der Waals surface area contributed by atoms with Gasteiger partial charge in [-0.3, -0.25) is 10.1 Å². The minimum Gasteiger partial charge on any atom is -0.345 e. The summed E-state index contributed by atoms with van der Waals surface area (Å²) in [7, 11) is 0. The molecule has 1 N–H and O–H groups in total. The van der Waals surface area contributed by atoms with Gasteiger partial charge in [0.2, 0.25) is 5.82 Å². The van der Waals surface area contributed by atoms with Crippen LogP contribution in [0.25, 0.3) is 0 Å². The lowest BCUT2D eigenvalue weighted by atomic mass is 10.1. The van der Waals surface area contributed by atoms with Gasteiger partial charge in [0, 0.05) is 37.4 Å². The maximum atomic E-state index is 11.1. The second-order valence-electron chi connectivity index (χ2n) is 4.56. The zero-order valence-electron chi connectivity index (χ0n) is 10.3. The van der Waals surface area contributed by atoms with E-state index in [0.29, 0.717) is 12.4 Å². The highest BCUT2D eigenvalue weighted by atomic mass is 35.5. The van der Waals surface area contributed by atoms with Gasteiger partial charge in [-0.05, 0) is 13.8 Å². The van der Waals surface area contributed by atoms with E-state index in [1.807, 2.05) is 18.7 Å². The van der Waals surface area contributed by atoms with Gasteiger partial charge in [0.25, 0.3) is 0 Å². The first-order valence-electron chi connectivity index (χ1n) is 5.79. The molecule has 1 aliphatic rings. The second-order valence-corrected chi connectivity index (χ2v) is 5.00. The molecule has 0 amide bonds. The van der Waals surface area contributed by atoms with Crippen molar-refractivity contribution in [2.24, 2.45) is 0 Å². The molecule has 0 saturated carbocycles. The molecule has 1 saturated heterocycles. The van der Waals surface area contributed by atoms with Gasteiger partial charge in [0.05, 0.1) is 9.95 Å². The minimum absolute atomic E-state index is 0.0385. The molecule has 2 rings (SSSR count). The van der Waals surface area contributed by atoms with Crippen molar-refractivity contribution in [2.45, 2.75) is 25.9 Å². The quantitative estimate of drug-likeness (QED) is 0.656. The fraction of sp³-hybridized carbons (Fsp3) is 0.545. The van der Waals surface area contributed by atoms with Crippen LogP contribution >= 0.6 is 11.6 Å². The molecule has 18 heavy (non-hydrogen) atoms. The first-order valence-corrected chi connectivity index (χ1v) is 6.16. The molecular formula is C11H15ClN4O2. The number of halogens is 1. The smallest absolute Gasteiger partial charge is 0.313 e. The maximum Gasteiger partial charge on any atom is 0.313 e. The van der Waals surface area contributed by atoms with Gasteiger partial charge >= 0.3 is 5.69 Å². The summed E-state index contributed by atoms with van der Waals surface area (Å²) in [6.45, 7) is 5.53. The summed E-state index contributed by atoms with van der Waals surface area (Å²) in [6, 6.07) is 1.79. The van der Waals surface area contributed by atoms with E-state index in [0.717, 1.165) is 6.54 Å². The average molecular weight is 271 g/mol. The molecule has 2 atom stereocenters. The van der Waals surface area contributed by atoms with Crippen molar-refractivity contribution in [2.75, 3.05) is 18.0 Å². The summed E-state index contributed by atoms with van der Waals surface area (Å²) >= 11 is 5.77. The Morgan fingerprint density at radius 3 is 3.00 bits per heavy atom. The lowest BCUT2D eigenvalue weighted by Crippen LogP contribution is -2.54. The van der Waals surface area contributed by atoms with Crippen LogP contribution in [0, 0.1) is 10.1 Å². The molecule has 2 heterocycles. The highest BCUT2D eigenvalue weighted by molar-refractivity contribution is 6.30. The van der Waals surface area contributed by atoms with Crippen LogP contribution in [-0.4, -0.2) is 35.1 Å². The predicted octanol–water partition coefficient (Wildman–Crippen LogP) is 1.83. The molecule has 0 radical (unpaired) electrons. The second kappa shape index (κ2) is 5.07.